The fourth-order valence-electron chi connectivity index (χ4n) is 3.17. The van der Waals surface area contributed by atoms with E-state index in [9.17, 15) is 17.6 Å². The smallest absolute Gasteiger partial charge is 0.266 e. The average molecular weight is 416 g/mol. The topological polar surface area (TPSA) is 66.5 Å². The summed E-state index contributed by atoms with van der Waals surface area (Å²) in [6, 6.07) is 14.6. The molecule has 1 saturated heterocycles. The van der Waals surface area contributed by atoms with E-state index in [1.165, 1.54) is 27.8 Å². The van der Waals surface area contributed by atoms with Crippen molar-refractivity contribution in [2.75, 3.05) is 21.9 Å². The van der Waals surface area contributed by atoms with Crippen molar-refractivity contribution >= 4 is 38.6 Å². The van der Waals surface area contributed by atoms with Gasteiger partial charge < -0.3 is 5.32 Å². The van der Waals surface area contributed by atoms with Gasteiger partial charge in [-0.2, -0.15) is 0 Å². The Morgan fingerprint density at radius 1 is 1.04 bits per heavy atom. The Hall–Kier alpha value is -2.71. The third-order valence-corrected chi connectivity index (χ3v) is 7.32. The van der Waals surface area contributed by atoms with Crippen LogP contribution in [0.2, 0.25) is 0 Å². The van der Waals surface area contributed by atoms with Gasteiger partial charge >= 0.3 is 0 Å². The number of nitrogens with zero attached hydrogens (tertiary/aromatic N) is 1. The highest BCUT2D eigenvalue weighted by atomic mass is 32.2. The van der Waals surface area contributed by atoms with E-state index in [4.69, 9.17) is 0 Å². The average Bonchev–Trinajstić information content (AvgIpc) is 3.29. The molecule has 0 bridgehead atoms. The van der Waals surface area contributed by atoms with Crippen LogP contribution < -0.4 is 9.62 Å². The van der Waals surface area contributed by atoms with Gasteiger partial charge in [0.2, 0.25) is 10.0 Å². The van der Waals surface area contributed by atoms with Crippen LogP contribution in [-0.4, -0.2) is 26.6 Å². The highest BCUT2D eigenvalue weighted by molar-refractivity contribution is 7.93. The van der Waals surface area contributed by atoms with Crippen molar-refractivity contribution in [1.29, 1.82) is 0 Å². The van der Waals surface area contributed by atoms with E-state index in [0.717, 1.165) is 11.1 Å². The number of nitrogens with one attached hydrogen (secondary N) is 1. The first kappa shape index (κ1) is 18.6. The SMILES string of the molecule is O=C(Nc1ccc(N2CCCS2(=O)=O)cc1)c1sccc1-c1ccc(F)cc1. The fourth-order valence-corrected chi connectivity index (χ4v) is 5.55. The number of carbonyl (C=O) groups excluding carboxylic acids is 1. The number of thiophene rings is 1. The molecule has 0 atom stereocenters. The molecule has 28 heavy (non-hydrogen) atoms. The molecule has 1 aliphatic rings. The number of anilines is 2. The molecule has 4 rings (SSSR count). The number of carbonyl (C=O) groups is 1. The molecule has 0 aliphatic carbocycles. The van der Waals surface area contributed by atoms with E-state index in [1.54, 1.807) is 36.4 Å². The van der Waals surface area contributed by atoms with Crippen LogP contribution in [0.15, 0.2) is 60.0 Å². The number of benzene rings is 2. The van der Waals surface area contributed by atoms with Crippen molar-refractivity contribution in [2.45, 2.75) is 6.42 Å². The van der Waals surface area contributed by atoms with Crippen LogP contribution >= 0.6 is 11.3 Å². The lowest BCUT2D eigenvalue weighted by Crippen LogP contribution is -2.24. The number of sulfonamides is 1. The van der Waals surface area contributed by atoms with Gasteiger partial charge in [-0.25, -0.2) is 12.8 Å². The minimum atomic E-state index is -3.23. The molecule has 1 N–H and O–H groups in total. The molecule has 2 heterocycles. The number of amides is 1. The van der Waals surface area contributed by atoms with Gasteiger partial charge in [-0.1, -0.05) is 12.1 Å². The Kier molecular flexibility index (Phi) is 4.91. The van der Waals surface area contributed by atoms with Crippen LogP contribution in [0.4, 0.5) is 15.8 Å². The maximum atomic E-state index is 13.1. The molecule has 0 spiro atoms. The summed E-state index contributed by atoms with van der Waals surface area (Å²) in [5, 5.41) is 4.65. The first-order valence-corrected chi connectivity index (χ1v) is 11.2. The van der Waals surface area contributed by atoms with Crippen molar-refractivity contribution in [2.24, 2.45) is 0 Å². The summed E-state index contributed by atoms with van der Waals surface area (Å²) < 4.78 is 38.6. The molecule has 8 heteroatoms. The Balaban J connectivity index is 1.52. The van der Waals surface area contributed by atoms with Crippen LogP contribution in [0.1, 0.15) is 16.1 Å². The maximum Gasteiger partial charge on any atom is 0.266 e. The number of hydrogen-bond acceptors (Lipinski definition) is 4. The van der Waals surface area contributed by atoms with Crippen LogP contribution in [-0.2, 0) is 10.0 Å². The minimum Gasteiger partial charge on any atom is -0.321 e. The lowest BCUT2D eigenvalue weighted by atomic mass is 10.1. The molecule has 0 saturated carbocycles. The number of halogens is 1. The fraction of sp³-hybridized carbons (Fsp3) is 0.150. The quantitative estimate of drug-likeness (QED) is 0.688. The van der Waals surface area contributed by atoms with Crippen LogP contribution in [0.3, 0.4) is 0 Å². The second-order valence-corrected chi connectivity index (χ2v) is 9.34. The molecule has 5 nitrogen and oxygen atoms in total. The van der Waals surface area contributed by atoms with Gasteiger partial charge in [0.15, 0.2) is 0 Å². The van der Waals surface area contributed by atoms with Crippen LogP contribution in [0, 0.1) is 5.82 Å². The lowest BCUT2D eigenvalue weighted by molar-refractivity contribution is 0.103. The summed E-state index contributed by atoms with van der Waals surface area (Å²) in [7, 11) is -3.23. The van der Waals surface area contributed by atoms with Crippen molar-refractivity contribution in [3.05, 3.63) is 70.7 Å². The molecule has 1 aliphatic heterocycles. The zero-order valence-corrected chi connectivity index (χ0v) is 16.4. The monoisotopic (exact) mass is 416 g/mol. The molecule has 144 valence electrons. The number of rotatable bonds is 4. The van der Waals surface area contributed by atoms with Gasteiger partial charge in [0.25, 0.3) is 5.91 Å². The standard InChI is InChI=1S/C20H17FN2O3S2/c21-15-4-2-14(3-5-15)18-10-12-27-19(18)20(24)22-16-6-8-17(9-7-16)23-11-1-13-28(23,25)26/h2-10,12H,1,11,13H2,(H,22,24). The molecule has 2 aromatic carbocycles. The van der Waals surface area contributed by atoms with Gasteiger partial charge in [0.1, 0.15) is 5.82 Å². The van der Waals surface area contributed by atoms with Gasteiger partial charge in [0.05, 0.1) is 16.3 Å². The second-order valence-electron chi connectivity index (χ2n) is 6.41. The summed E-state index contributed by atoms with van der Waals surface area (Å²) in [6.45, 7) is 0.476. The minimum absolute atomic E-state index is 0.163. The summed E-state index contributed by atoms with van der Waals surface area (Å²) in [6.07, 6.45) is 0.616. The Labute approximate surface area is 166 Å². The molecule has 0 unspecified atom stereocenters. The third-order valence-electron chi connectivity index (χ3n) is 4.54. The largest absolute Gasteiger partial charge is 0.321 e. The zero-order chi connectivity index (χ0) is 19.7. The van der Waals surface area contributed by atoms with E-state index in [0.29, 0.717) is 29.2 Å². The van der Waals surface area contributed by atoms with Crippen molar-refractivity contribution < 1.29 is 17.6 Å². The maximum absolute atomic E-state index is 13.1. The third kappa shape index (κ3) is 3.65. The highest BCUT2D eigenvalue weighted by Crippen LogP contribution is 2.30. The van der Waals surface area contributed by atoms with Crippen LogP contribution in [0.25, 0.3) is 11.1 Å². The molecule has 1 fully saturated rings. The summed E-state index contributed by atoms with van der Waals surface area (Å²) in [5.74, 6) is -0.434. The molecular weight excluding hydrogens is 399 g/mol. The van der Waals surface area contributed by atoms with Crippen molar-refractivity contribution in [3.63, 3.8) is 0 Å². The number of hydrogen-bond donors (Lipinski definition) is 1. The van der Waals surface area contributed by atoms with E-state index in [1.807, 2.05) is 11.4 Å². The van der Waals surface area contributed by atoms with Gasteiger partial charge in [-0.05, 0) is 59.8 Å². The van der Waals surface area contributed by atoms with Crippen LogP contribution in [0.5, 0.6) is 0 Å². The lowest BCUT2D eigenvalue weighted by Gasteiger charge is -2.17. The molecule has 3 aromatic rings. The predicted molar refractivity (Wildman–Crippen MR) is 110 cm³/mol. The molecule has 1 aromatic heterocycles. The normalized spacial score (nSPS) is 15.5. The molecular formula is C20H17FN2O3S2. The summed E-state index contributed by atoms with van der Waals surface area (Å²) in [4.78, 5) is 13.2. The van der Waals surface area contributed by atoms with E-state index < -0.39 is 10.0 Å². The predicted octanol–water partition coefficient (Wildman–Crippen LogP) is 4.35. The Morgan fingerprint density at radius 3 is 2.39 bits per heavy atom. The first-order valence-electron chi connectivity index (χ1n) is 8.69. The highest BCUT2D eigenvalue weighted by Gasteiger charge is 2.28. The summed E-state index contributed by atoms with van der Waals surface area (Å²) in [5.41, 5.74) is 2.67. The second kappa shape index (κ2) is 7.37. The molecule has 0 radical (unpaired) electrons. The van der Waals surface area contributed by atoms with E-state index in [-0.39, 0.29) is 17.5 Å². The molecule has 1 amide bonds. The van der Waals surface area contributed by atoms with E-state index in [2.05, 4.69) is 5.32 Å². The van der Waals surface area contributed by atoms with Gasteiger partial charge in [0, 0.05) is 17.8 Å². The summed E-state index contributed by atoms with van der Waals surface area (Å²) >= 11 is 1.31. The first-order chi connectivity index (χ1) is 13.4. The van der Waals surface area contributed by atoms with Crippen molar-refractivity contribution in [3.8, 4) is 11.1 Å². The Bertz CT molecular complexity index is 1110. The van der Waals surface area contributed by atoms with Gasteiger partial charge in [-0.3, -0.25) is 9.10 Å². The zero-order valence-electron chi connectivity index (χ0n) is 14.8. The van der Waals surface area contributed by atoms with Gasteiger partial charge in [-0.15, -0.1) is 11.3 Å². The Morgan fingerprint density at radius 2 is 1.75 bits per heavy atom. The van der Waals surface area contributed by atoms with E-state index >= 15 is 0 Å². The van der Waals surface area contributed by atoms with Crippen molar-refractivity contribution in [1.82, 2.24) is 0 Å².